The summed E-state index contributed by atoms with van der Waals surface area (Å²) in [4.78, 5) is 10.8. The number of nitrogen functional groups attached to an aromatic ring is 1. The van der Waals surface area contributed by atoms with Gasteiger partial charge in [0.2, 0.25) is 0 Å². The summed E-state index contributed by atoms with van der Waals surface area (Å²) in [6, 6.07) is 7.60. The van der Waals surface area contributed by atoms with Gasteiger partial charge in [-0.3, -0.25) is 0 Å². The molecule has 102 valence electrons. The van der Waals surface area contributed by atoms with Gasteiger partial charge in [-0.2, -0.15) is 0 Å². The van der Waals surface area contributed by atoms with E-state index in [9.17, 15) is 0 Å². The summed E-state index contributed by atoms with van der Waals surface area (Å²) in [5, 5.41) is 0. The van der Waals surface area contributed by atoms with Crippen LogP contribution in [0.1, 0.15) is 13.8 Å². The summed E-state index contributed by atoms with van der Waals surface area (Å²) in [7, 11) is 4.03. The van der Waals surface area contributed by atoms with Gasteiger partial charge in [-0.05, 0) is 40.1 Å². The van der Waals surface area contributed by atoms with E-state index in [4.69, 9.17) is 10.5 Å². The molecule has 0 aliphatic carbocycles. The Morgan fingerprint density at radius 3 is 2.32 bits per heavy atom. The number of fused-ring (bicyclic) bond motifs is 1. The molecule has 0 saturated heterocycles. The van der Waals surface area contributed by atoms with Gasteiger partial charge < -0.3 is 15.4 Å². The topological polar surface area (TPSA) is 64.3 Å². The molecule has 2 N–H and O–H groups in total. The first-order valence-corrected chi connectivity index (χ1v) is 6.22. The van der Waals surface area contributed by atoms with Gasteiger partial charge in [0.15, 0.2) is 5.82 Å². The monoisotopic (exact) mass is 260 g/mol. The van der Waals surface area contributed by atoms with Gasteiger partial charge in [-0.1, -0.05) is 12.1 Å². The normalized spacial score (nSPS) is 12.1. The van der Waals surface area contributed by atoms with Crippen LogP contribution in [0.3, 0.4) is 0 Å². The summed E-state index contributed by atoms with van der Waals surface area (Å²) in [5.41, 5.74) is 7.35. The maximum absolute atomic E-state index is 5.88. The fourth-order valence-electron chi connectivity index (χ4n) is 1.48. The molecule has 0 radical (unpaired) electrons. The standard InChI is InChI=1S/C14H20N4O/c1-14(2,18(3)4)9-19-13-12(15)16-10-7-5-6-8-11(10)17-13/h5-8H,9H2,1-4H3,(H2,15,16). The van der Waals surface area contributed by atoms with Crippen molar-refractivity contribution in [2.24, 2.45) is 0 Å². The maximum atomic E-state index is 5.88. The Labute approximate surface area is 113 Å². The van der Waals surface area contributed by atoms with Crippen molar-refractivity contribution in [3.63, 3.8) is 0 Å². The summed E-state index contributed by atoms with van der Waals surface area (Å²) in [6.07, 6.45) is 0. The third-order valence-electron chi connectivity index (χ3n) is 3.34. The molecule has 0 aliphatic rings. The molecular weight excluding hydrogens is 240 g/mol. The van der Waals surface area contributed by atoms with E-state index in [2.05, 4.69) is 28.7 Å². The Morgan fingerprint density at radius 1 is 1.16 bits per heavy atom. The van der Waals surface area contributed by atoms with E-state index in [1.54, 1.807) is 0 Å². The predicted molar refractivity (Wildman–Crippen MR) is 77.2 cm³/mol. The molecule has 0 spiro atoms. The number of nitrogens with zero attached hydrogens (tertiary/aromatic N) is 3. The Balaban J connectivity index is 2.23. The maximum Gasteiger partial charge on any atom is 0.257 e. The average Bonchev–Trinajstić information content (AvgIpc) is 2.36. The lowest BCUT2D eigenvalue weighted by Gasteiger charge is -2.31. The minimum absolute atomic E-state index is 0.0975. The molecule has 0 amide bonds. The highest BCUT2D eigenvalue weighted by Crippen LogP contribution is 2.22. The molecule has 19 heavy (non-hydrogen) atoms. The molecule has 1 aromatic carbocycles. The number of para-hydroxylation sites is 2. The summed E-state index contributed by atoms with van der Waals surface area (Å²) in [5.74, 6) is 0.724. The SMILES string of the molecule is CN(C)C(C)(C)COc1nc2ccccc2nc1N. The minimum atomic E-state index is -0.0975. The van der Waals surface area contributed by atoms with Crippen molar-refractivity contribution in [3.8, 4) is 5.88 Å². The second-order valence-electron chi connectivity index (χ2n) is 5.40. The molecule has 0 saturated carbocycles. The highest BCUT2D eigenvalue weighted by atomic mass is 16.5. The van der Waals surface area contributed by atoms with Crippen LogP contribution in [0.4, 0.5) is 5.82 Å². The van der Waals surface area contributed by atoms with Crippen LogP contribution in [-0.2, 0) is 0 Å². The number of aromatic nitrogens is 2. The minimum Gasteiger partial charge on any atom is -0.473 e. The van der Waals surface area contributed by atoms with Gasteiger partial charge in [0.1, 0.15) is 6.61 Å². The van der Waals surface area contributed by atoms with Gasteiger partial charge in [-0.15, -0.1) is 0 Å². The van der Waals surface area contributed by atoms with Crippen LogP contribution in [0, 0.1) is 0 Å². The number of benzene rings is 1. The fourth-order valence-corrected chi connectivity index (χ4v) is 1.48. The number of ether oxygens (including phenoxy) is 1. The van der Waals surface area contributed by atoms with Crippen molar-refractivity contribution in [1.29, 1.82) is 0 Å². The lowest BCUT2D eigenvalue weighted by Crippen LogP contribution is -2.43. The molecule has 0 bridgehead atoms. The van der Waals surface area contributed by atoms with Crippen LogP contribution in [-0.4, -0.2) is 41.1 Å². The Hall–Kier alpha value is -1.88. The predicted octanol–water partition coefficient (Wildman–Crippen LogP) is 1.93. The zero-order valence-corrected chi connectivity index (χ0v) is 11.8. The van der Waals surface area contributed by atoms with Gasteiger partial charge in [0.05, 0.1) is 11.0 Å². The number of hydrogen-bond acceptors (Lipinski definition) is 5. The lowest BCUT2D eigenvalue weighted by atomic mass is 10.1. The first-order valence-electron chi connectivity index (χ1n) is 6.22. The quantitative estimate of drug-likeness (QED) is 0.910. The van der Waals surface area contributed by atoms with Crippen molar-refractivity contribution in [3.05, 3.63) is 24.3 Å². The second kappa shape index (κ2) is 5.01. The van der Waals surface area contributed by atoms with E-state index in [0.717, 1.165) is 11.0 Å². The zero-order chi connectivity index (χ0) is 14.0. The van der Waals surface area contributed by atoms with E-state index in [0.29, 0.717) is 18.3 Å². The van der Waals surface area contributed by atoms with E-state index >= 15 is 0 Å². The first-order chi connectivity index (χ1) is 8.90. The molecule has 2 rings (SSSR count). The van der Waals surface area contributed by atoms with Gasteiger partial charge >= 0.3 is 0 Å². The summed E-state index contributed by atoms with van der Waals surface area (Å²) >= 11 is 0. The molecule has 0 aliphatic heterocycles. The third kappa shape index (κ3) is 2.93. The molecule has 0 atom stereocenters. The number of likely N-dealkylation sites (N-methyl/N-ethyl adjacent to an activating group) is 1. The van der Waals surface area contributed by atoms with E-state index in [1.165, 1.54) is 0 Å². The molecule has 0 unspecified atom stereocenters. The van der Waals surface area contributed by atoms with Crippen LogP contribution < -0.4 is 10.5 Å². The van der Waals surface area contributed by atoms with Crippen LogP contribution in [0.25, 0.3) is 11.0 Å². The van der Waals surface area contributed by atoms with E-state index in [-0.39, 0.29) is 5.54 Å². The number of anilines is 1. The Morgan fingerprint density at radius 2 is 1.74 bits per heavy atom. The van der Waals surface area contributed by atoms with Crippen molar-refractivity contribution < 1.29 is 4.74 Å². The molecule has 5 heteroatoms. The molecule has 1 heterocycles. The molecular formula is C14H20N4O. The first kappa shape index (κ1) is 13.5. The third-order valence-corrected chi connectivity index (χ3v) is 3.34. The van der Waals surface area contributed by atoms with E-state index < -0.39 is 0 Å². The lowest BCUT2D eigenvalue weighted by molar-refractivity contribution is 0.111. The van der Waals surface area contributed by atoms with Crippen molar-refractivity contribution in [1.82, 2.24) is 14.9 Å². The largest absolute Gasteiger partial charge is 0.473 e. The van der Waals surface area contributed by atoms with Crippen molar-refractivity contribution in [2.75, 3.05) is 26.4 Å². The molecule has 0 fully saturated rings. The van der Waals surface area contributed by atoms with Crippen LogP contribution in [0.2, 0.25) is 0 Å². The highest BCUT2D eigenvalue weighted by Gasteiger charge is 2.22. The van der Waals surface area contributed by atoms with Gasteiger partial charge in [0.25, 0.3) is 5.88 Å². The molecule has 5 nitrogen and oxygen atoms in total. The average molecular weight is 260 g/mol. The van der Waals surface area contributed by atoms with Gasteiger partial charge in [0, 0.05) is 5.54 Å². The summed E-state index contributed by atoms with van der Waals surface area (Å²) in [6.45, 7) is 4.69. The van der Waals surface area contributed by atoms with Crippen LogP contribution in [0.5, 0.6) is 5.88 Å². The van der Waals surface area contributed by atoms with Crippen molar-refractivity contribution >= 4 is 16.9 Å². The van der Waals surface area contributed by atoms with Crippen LogP contribution >= 0.6 is 0 Å². The highest BCUT2D eigenvalue weighted by molar-refractivity contribution is 5.76. The molecule has 1 aromatic heterocycles. The van der Waals surface area contributed by atoms with Crippen molar-refractivity contribution in [2.45, 2.75) is 19.4 Å². The number of nitrogens with two attached hydrogens (primary N) is 1. The Kier molecular flexibility index (Phi) is 3.57. The smallest absolute Gasteiger partial charge is 0.257 e. The number of hydrogen-bond donors (Lipinski definition) is 1. The second-order valence-corrected chi connectivity index (χ2v) is 5.40. The fraction of sp³-hybridized carbons (Fsp3) is 0.429. The molecule has 2 aromatic rings. The number of rotatable bonds is 4. The van der Waals surface area contributed by atoms with E-state index in [1.807, 2.05) is 38.4 Å². The summed E-state index contributed by atoms with van der Waals surface area (Å²) < 4.78 is 5.73. The Bertz CT molecular complexity index is 581. The van der Waals surface area contributed by atoms with Crippen LogP contribution in [0.15, 0.2) is 24.3 Å². The zero-order valence-electron chi connectivity index (χ0n) is 11.8. The van der Waals surface area contributed by atoms with Gasteiger partial charge in [-0.25, -0.2) is 9.97 Å².